The lowest BCUT2D eigenvalue weighted by Crippen LogP contribution is -2.42. The highest BCUT2D eigenvalue weighted by atomic mass is 32.2. The molecule has 2 N–H and O–H groups in total. The number of carbonyl (C=O) groups is 1. The molecule has 0 bridgehead atoms. The second-order valence-electron chi connectivity index (χ2n) is 4.72. The van der Waals surface area contributed by atoms with Gasteiger partial charge in [0.2, 0.25) is 0 Å². The van der Waals surface area contributed by atoms with E-state index in [2.05, 4.69) is 17.4 Å². The van der Waals surface area contributed by atoms with E-state index in [4.69, 9.17) is 5.11 Å². The van der Waals surface area contributed by atoms with E-state index in [1.54, 1.807) is 11.8 Å². The number of hydrogen-bond donors (Lipinski definition) is 2. The molecule has 2 unspecified atom stereocenters. The molecule has 100 valence electrons. The van der Waals surface area contributed by atoms with Crippen molar-refractivity contribution in [2.75, 3.05) is 6.26 Å². The second-order valence-corrected chi connectivity index (χ2v) is 5.60. The van der Waals surface area contributed by atoms with Gasteiger partial charge in [-0.15, -0.1) is 11.8 Å². The summed E-state index contributed by atoms with van der Waals surface area (Å²) in [5.74, 6) is -0.729. The minimum Gasteiger partial charge on any atom is -0.480 e. The number of benzene rings is 1. The third kappa shape index (κ3) is 4.03. The summed E-state index contributed by atoms with van der Waals surface area (Å²) in [6.07, 6.45) is 2.04. The van der Waals surface area contributed by atoms with Crippen LogP contribution in [0.2, 0.25) is 0 Å². The van der Waals surface area contributed by atoms with Crippen LogP contribution in [-0.2, 0) is 4.79 Å². The molecule has 0 aliphatic heterocycles. The zero-order valence-corrected chi connectivity index (χ0v) is 12.1. The zero-order valence-electron chi connectivity index (χ0n) is 11.3. The summed E-state index contributed by atoms with van der Waals surface area (Å²) in [6, 6.07) is 7.72. The maximum atomic E-state index is 11.1. The molecule has 18 heavy (non-hydrogen) atoms. The molecule has 0 aliphatic carbocycles. The summed E-state index contributed by atoms with van der Waals surface area (Å²) in [4.78, 5) is 12.4. The fourth-order valence-corrected chi connectivity index (χ4v) is 2.22. The van der Waals surface area contributed by atoms with Gasteiger partial charge in [0.1, 0.15) is 6.04 Å². The first-order chi connectivity index (χ1) is 8.45. The van der Waals surface area contributed by atoms with E-state index < -0.39 is 12.0 Å². The Labute approximate surface area is 113 Å². The summed E-state index contributed by atoms with van der Waals surface area (Å²) in [6.45, 7) is 5.82. The van der Waals surface area contributed by atoms with E-state index in [1.807, 2.05) is 39.2 Å². The molecule has 0 spiro atoms. The van der Waals surface area contributed by atoms with Crippen molar-refractivity contribution in [3.05, 3.63) is 29.8 Å². The molecule has 1 aromatic rings. The van der Waals surface area contributed by atoms with E-state index in [0.29, 0.717) is 0 Å². The van der Waals surface area contributed by atoms with E-state index in [9.17, 15) is 4.79 Å². The summed E-state index contributed by atoms with van der Waals surface area (Å²) in [5.41, 5.74) is 1.11. The maximum absolute atomic E-state index is 11.1. The van der Waals surface area contributed by atoms with Gasteiger partial charge in [-0.1, -0.05) is 26.0 Å². The van der Waals surface area contributed by atoms with Gasteiger partial charge in [0.15, 0.2) is 0 Å². The Morgan fingerprint density at radius 3 is 2.17 bits per heavy atom. The number of aliphatic carboxylic acids is 1. The van der Waals surface area contributed by atoms with Crippen molar-refractivity contribution in [2.45, 2.75) is 37.8 Å². The SMILES string of the molecule is CSc1ccc(C(C)NC(C(=O)O)C(C)C)cc1. The van der Waals surface area contributed by atoms with Gasteiger partial charge in [-0.2, -0.15) is 0 Å². The highest BCUT2D eigenvalue weighted by Crippen LogP contribution is 2.20. The lowest BCUT2D eigenvalue weighted by atomic mass is 10.0. The third-order valence-electron chi connectivity index (χ3n) is 2.98. The number of carboxylic acid groups (broad SMARTS) is 1. The van der Waals surface area contributed by atoms with Gasteiger partial charge < -0.3 is 5.11 Å². The topological polar surface area (TPSA) is 49.3 Å². The molecule has 0 aliphatic rings. The van der Waals surface area contributed by atoms with Crippen LogP contribution in [0.15, 0.2) is 29.2 Å². The number of hydrogen-bond acceptors (Lipinski definition) is 3. The molecule has 0 saturated carbocycles. The van der Waals surface area contributed by atoms with Crippen LogP contribution in [0, 0.1) is 5.92 Å². The molecule has 0 amide bonds. The summed E-state index contributed by atoms with van der Waals surface area (Å²) >= 11 is 1.70. The first-order valence-corrected chi connectivity index (χ1v) is 7.31. The fourth-order valence-electron chi connectivity index (χ4n) is 1.81. The third-order valence-corrected chi connectivity index (χ3v) is 3.72. The van der Waals surface area contributed by atoms with Gasteiger partial charge in [-0.05, 0) is 36.8 Å². The molecule has 0 radical (unpaired) electrons. The van der Waals surface area contributed by atoms with Crippen LogP contribution in [-0.4, -0.2) is 23.4 Å². The Balaban J connectivity index is 2.73. The van der Waals surface area contributed by atoms with E-state index in [0.717, 1.165) is 5.56 Å². The van der Waals surface area contributed by atoms with E-state index in [-0.39, 0.29) is 12.0 Å². The average molecular weight is 267 g/mol. The van der Waals surface area contributed by atoms with Crippen molar-refractivity contribution in [3.8, 4) is 0 Å². The van der Waals surface area contributed by atoms with Crippen LogP contribution in [0.3, 0.4) is 0 Å². The minimum absolute atomic E-state index is 0.0319. The van der Waals surface area contributed by atoms with E-state index in [1.165, 1.54) is 4.90 Å². The molecular weight excluding hydrogens is 246 g/mol. The fraction of sp³-hybridized carbons (Fsp3) is 0.500. The lowest BCUT2D eigenvalue weighted by Gasteiger charge is -2.23. The number of thioether (sulfide) groups is 1. The van der Waals surface area contributed by atoms with Gasteiger partial charge in [0.05, 0.1) is 0 Å². The van der Waals surface area contributed by atoms with Crippen LogP contribution < -0.4 is 5.32 Å². The Morgan fingerprint density at radius 1 is 1.22 bits per heavy atom. The van der Waals surface area contributed by atoms with Crippen molar-refractivity contribution < 1.29 is 9.90 Å². The predicted molar refractivity (Wildman–Crippen MR) is 76.0 cm³/mol. The number of carboxylic acids is 1. The van der Waals surface area contributed by atoms with Crippen LogP contribution >= 0.6 is 11.8 Å². The van der Waals surface area contributed by atoms with Crippen molar-refractivity contribution in [2.24, 2.45) is 5.92 Å². The Bertz CT molecular complexity index is 389. The molecule has 1 aromatic carbocycles. The van der Waals surface area contributed by atoms with Gasteiger partial charge in [0.25, 0.3) is 0 Å². The number of nitrogens with one attached hydrogen (secondary N) is 1. The smallest absolute Gasteiger partial charge is 0.320 e. The zero-order chi connectivity index (χ0) is 13.7. The Kier molecular flexibility index (Phi) is 5.69. The molecule has 0 aromatic heterocycles. The maximum Gasteiger partial charge on any atom is 0.320 e. The lowest BCUT2D eigenvalue weighted by molar-refractivity contribution is -0.140. The minimum atomic E-state index is -0.794. The van der Waals surface area contributed by atoms with Crippen molar-refractivity contribution in [1.82, 2.24) is 5.32 Å². The molecule has 3 nitrogen and oxygen atoms in total. The predicted octanol–water partition coefficient (Wildman–Crippen LogP) is 3.17. The highest BCUT2D eigenvalue weighted by molar-refractivity contribution is 7.98. The highest BCUT2D eigenvalue weighted by Gasteiger charge is 2.23. The number of rotatable bonds is 6. The summed E-state index contributed by atoms with van der Waals surface area (Å²) in [5, 5.41) is 12.3. The first kappa shape index (κ1) is 15.1. The Morgan fingerprint density at radius 2 is 1.78 bits per heavy atom. The van der Waals surface area contributed by atoms with Crippen molar-refractivity contribution in [1.29, 1.82) is 0 Å². The van der Waals surface area contributed by atoms with Crippen LogP contribution in [0.1, 0.15) is 32.4 Å². The van der Waals surface area contributed by atoms with Gasteiger partial charge in [-0.25, -0.2) is 0 Å². The van der Waals surface area contributed by atoms with E-state index >= 15 is 0 Å². The normalized spacial score (nSPS) is 14.5. The second kappa shape index (κ2) is 6.81. The molecular formula is C14H21NO2S. The largest absolute Gasteiger partial charge is 0.480 e. The Hall–Kier alpha value is -1.00. The molecule has 4 heteroatoms. The van der Waals surface area contributed by atoms with Crippen molar-refractivity contribution >= 4 is 17.7 Å². The monoisotopic (exact) mass is 267 g/mol. The van der Waals surface area contributed by atoms with Crippen LogP contribution in [0.25, 0.3) is 0 Å². The quantitative estimate of drug-likeness (QED) is 0.777. The molecule has 1 rings (SSSR count). The molecule has 0 saturated heterocycles. The average Bonchev–Trinajstić information content (AvgIpc) is 2.35. The van der Waals surface area contributed by atoms with Crippen LogP contribution in [0.4, 0.5) is 0 Å². The molecule has 0 fully saturated rings. The summed E-state index contributed by atoms with van der Waals surface area (Å²) in [7, 11) is 0. The molecule has 0 heterocycles. The molecule has 2 atom stereocenters. The van der Waals surface area contributed by atoms with Crippen molar-refractivity contribution in [3.63, 3.8) is 0 Å². The van der Waals surface area contributed by atoms with Gasteiger partial charge >= 0.3 is 5.97 Å². The standard InChI is InChI=1S/C14H21NO2S/c1-9(2)13(14(16)17)15-10(3)11-5-7-12(18-4)8-6-11/h5-10,13,15H,1-4H3,(H,16,17). The van der Waals surface area contributed by atoms with Crippen LogP contribution in [0.5, 0.6) is 0 Å². The summed E-state index contributed by atoms with van der Waals surface area (Å²) < 4.78 is 0. The van der Waals surface area contributed by atoms with Gasteiger partial charge in [-0.3, -0.25) is 10.1 Å². The first-order valence-electron chi connectivity index (χ1n) is 6.08. The van der Waals surface area contributed by atoms with Gasteiger partial charge in [0, 0.05) is 10.9 Å².